The Morgan fingerprint density at radius 3 is 2.35 bits per heavy atom. The number of aliphatic hydroxyl groups is 1. The molecule has 1 fully saturated rings. The van der Waals surface area contributed by atoms with Crippen LogP contribution in [0.4, 0.5) is 13.2 Å². The lowest BCUT2D eigenvalue weighted by Crippen LogP contribution is -2.64. The number of halogens is 3. The van der Waals surface area contributed by atoms with E-state index in [2.05, 4.69) is 10.0 Å². The highest BCUT2D eigenvalue weighted by atomic mass is 32.2. The Balaban J connectivity index is 2.26. The first-order valence-electron chi connectivity index (χ1n) is 5.09. The summed E-state index contributed by atoms with van der Waals surface area (Å²) < 4.78 is 60.1. The topological polar surface area (TPSA) is 78.4 Å². The lowest BCUT2D eigenvalue weighted by atomic mass is 9.98. The summed E-state index contributed by atoms with van der Waals surface area (Å²) in [6.45, 7) is 0.379. The van der Waals surface area contributed by atoms with Crippen LogP contribution < -0.4 is 10.0 Å². The molecule has 1 aliphatic rings. The molecule has 1 saturated heterocycles. The molecule has 0 radical (unpaired) electrons. The van der Waals surface area contributed by atoms with Gasteiger partial charge in [0.2, 0.25) is 10.0 Å². The van der Waals surface area contributed by atoms with Crippen LogP contribution in [0.1, 0.15) is 12.8 Å². The smallest absolute Gasteiger partial charge is 0.386 e. The molecular weight excluding hydrogens is 261 g/mol. The van der Waals surface area contributed by atoms with Gasteiger partial charge < -0.3 is 10.4 Å². The summed E-state index contributed by atoms with van der Waals surface area (Å²) >= 11 is 0. The van der Waals surface area contributed by atoms with E-state index in [1.807, 2.05) is 0 Å². The zero-order chi connectivity index (χ0) is 13.2. The van der Waals surface area contributed by atoms with Crippen molar-refractivity contribution in [2.45, 2.75) is 24.6 Å². The van der Waals surface area contributed by atoms with Gasteiger partial charge in [-0.05, 0) is 6.42 Å². The minimum atomic E-state index is -4.34. The zero-order valence-corrected chi connectivity index (χ0v) is 9.86. The molecule has 0 aromatic carbocycles. The number of alkyl halides is 3. The first-order valence-corrected chi connectivity index (χ1v) is 6.74. The standard InChI is InChI=1S/C8H15F3N2O3S/c9-8(10,11)2-1-3-17(15,16)13-6-7(14)4-12-5-7/h12-14H,1-6H2. The molecule has 1 rings (SSSR count). The van der Waals surface area contributed by atoms with Crippen molar-refractivity contribution >= 4 is 10.0 Å². The van der Waals surface area contributed by atoms with Crippen molar-refractivity contribution in [2.24, 2.45) is 0 Å². The third-order valence-electron chi connectivity index (χ3n) is 2.40. The lowest BCUT2D eigenvalue weighted by molar-refractivity contribution is -0.134. The molecule has 0 spiro atoms. The Bertz CT molecular complexity index is 352. The van der Waals surface area contributed by atoms with Crippen LogP contribution in [0.5, 0.6) is 0 Å². The average Bonchev–Trinajstić information content (AvgIpc) is 2.09. The molecular formula is C8H15F3N2O3S. The summed E-state index contributed by atoms with van der Waals surface area (Å²) in [6.07, 6.45) is -5.94. The number of hydrogen-bond donors (Lipinski definition) is 3. The minimum absolute atomic E-state index is 0.172. The van der Waals surface area contributed by atoms with Crippen LogP contribution in [-0.2, 0) is 10.0 Å². The highest BCUT2D eigenvalue weighted by molar-refractivity contribution is 7.89. The normalized spacial score (nSPS) is 20.0. The zero-order valence-electron chi connectivity index (χ0n) is 9.05. The summed E-state index contributed by atoms with van der Waals surface area (Å²) in [5, 5.41) is 12.3. The van der Waals surface area contributed by atoms with Gasteiger partial charge in [-0.3, -0.25) is 0 Å². The molecule has 0 bridgehead atoms. The Morgan fingerprint density at radius 2 is 1.94 bits per heavy atom. The van der Waals surface area contributed by atoms with E-state index in [1.54, 1.807) is 0 Å². The fraction of sp³-hybridized carbons (Fsp3) is 1.00. The van der Waals surface area contributed by atoms with Gasteiger partial charge in [0.1, 0.15) is 5.60 Å². The Kier molecular flexibility index (Phi) is 4.39. The molecule has 1 heterocycles. The van der Waals surface area contributed by atoms with Crippen LogP contribution in [0.25, 0.3) is 0 Å². The first kappa shape index (κ1) is 14.7. The van der Waals surface area contributed by atoms with Crippen molar-refractivity contribution in [2.75, 3.05) is 25.4 Å². The van der Waals surface area contributed by atoms with Gasteiger partial charge in [-0.2, -0.15) is 13.2 Å². The van der Waals surface area contributed by atoms with Gasteiger partial charge in [-0.15, -0.1) is 0 Å². The third kappa shape index (κ3) is 5.66. The van der Waals surface area contributed by atoms with Crippen molar-refractivity contribution in [3.05, 3.63) is 0 Å². The Labute approximate surface area is 97.4 Å². The molecule has 9 heteroatoms. The summed E-state index contributed by atoms with van der Waals surface area (Å²) in [4.78, 5) is 0. The second-order valence-corrected chi connectivity index (χ2v) is 6.11. The van der Waals surface area contributed by atoms with Crippen molar-refractivity contribution in [3.8, 4) is 0 Å². The van der Waals surface area contributed by atoms with Crippen LogP contribution in [0.15, 0.2) is 0 Å². The van der Waals surface area contributed by atoms with E-state index in [-0.39, 0.29) is 19.6 Å². The first-order chi connectivity index (χ1) is 7.62. The maximum absolute atomic E-state index is 11.8. The van der Waals surface area contributed by atoms with Crippen LogP contribution in [0.3, 0.4) is 0 Å². The van der Waals surface area contributed by atoms with Crippen molar-refractivity contribution in [1.82, 2.24) is 10.0 Å². The van der Waals surface area contributed by atoms with Gasteiger partial charge in [-0.25, -0.2) is 13.1 Å². The van der Waals surface area contributed by atoms with E-state index in [9.17, 15) is 26.7 Å². The van der Waals surface area contributed by atoms with E-state index in [0.29, 0.717) is 0 Å². The van der Waals surface area contributed by atoms with Gasteiger partial charge in [0.05, 0.1) is 5.75 Å². The van der Waals surface area contributed by atoms with Crippen molar-refractivity contribution in [3.63, 3.8) is 0 Å². The molecule has 5 nitrogen and oxygen atoms in total. The highest BCUT2D eigenvalue weighted by Crippen LogP contribution is 2.21. The van der Waals surface area contributed by atoms with Gasteiger partial charge >= 0.3 is 6.18 Å². The van der Waals surface area contributed by atoms with Crippen LogP contribution in [0, 0.1) is 0 Å². The predicted octanol–water partition coefficient (Wildman–Crippen LogP) is -0.417. The summed E-state index contributed by atoms with van der Waals surface area (Å²) in [7, 11) is -3.75. The van der Waals surface area contributed by atoms with Gasteiger partial charge in [0.25, 0.3) is 0 Å². The minimum Gasteiger partial charge on any atom is -0.386 e. The van der Waals surface area contributed by atoms with Crippen LogP contribution in [-0.4, -0.2) is 50.7 Å². The van der Waals surface area contributed by atoms with Gasteiger partial charge in [0.15, 0.2) is 0 Å². The van der Waals surface area contributed by atoms with E-state index in [0.717, 1.165) is 0 Å². The lowest BCUT2D eigenvalue weighted by Gasteiger charge is -2.37. The maximum Gasteiger partial charge on any atom is 0.389 e. The van der Waals surface area contributed by atoms with E-state index < -0.39 is 40.4 Å². The number of sulfonamides is 1. The Morgan fingerprint density at radius 1 is 1.35 bits per heavy atom. The SMILES string of the molecule is O=S(=O)(CCCC(F)(F)F)NCC1(O)CNC1. The highest BCUT2D eigenvalue weighted by Gasteiger charge is 2.35. The molecule has 0 atom stereocenters. The number of nitrogens with one attached hydrogen (secondary N) is 2. The molecule has 1 aliphatic heterocycles. The average molecular weight is 276 g/mol. The van der Waals surface area contributed by atoms with E-state index >= 15 is 0 Å². The number of rotatable bonds is 6. The quantitative estimate of drug-likeness (QED) is 0.616. The third-order valence-corrected chi connectivity index (χ3v) is 3.81. The predicted molar refractivity (Wildman–Crippen MR) is 54.9 cm³/mol. The number of hydrogen-bond acceptors (Lipinski definition) is 4. The molecule has 0 aliphatic carbocycles. The molecule has 0 unspecified atom stereocenters. The van der Waals surface area contributed by atoms with Crippen LogP contribution >= 0.6 is 0 Å². The Hall–Kier alpha value is -0.380. The fourth-order valence-electron chi connectivity index (χ4n) is 1.32. The summed E-state index contributed by atoms with van der Waals surface area (Å²) in [6, 6.07) is 0. The summed E-state index contributed by atoms with van der Waals surface area (Å²) in [5.74, 6) is -0.587. The summed E-state index contributed by atoms with van der Waals surface area (Å²) in [5.41, 5.74) is -1.11. The molecule has 3 N–H and O–H groups in total. The fourth-order valence-corrected chi connectivity index (χ4v) is 2.47. The maximum atomic E-state index is 11.8. The second-order valence-electron chi connectivity index (χ2n) is 4.19. The molecule has 0 aromatic rings. The molecule has 102 valence electrons. The van der Waals surface area contributed by atoms with E-state index in [4.69, 9.17) is 0 Å². The second kappa shape index (κ2) is 5.09. The van der Waals surface area contributed by atoms with Crippen molar-refractivity contribution < 1.29 is 26.7 Å². The number of β-amino-alcohol motifs (C(OH)–C–C–N with tert-alkyl or cyclic N) is 1. The van der Waals surface area contributed by atoms with Crippen LogP contribution in [0.2, 0.25) is 0 Å². The molecule has 0 amide bonds. The molecule has 0 aromatic heterocycles. The van der Waals surface area contributed by atoms with Crippen molar-refractivity contribution in [1.29, 1.82) is 0 Å². The van der Waals surface area contributed by atoms with Gasteiger partial charge in [0, 0.05) is 26.1 Å². The van der Waals surface area contributed by atoms with Gasteiger partial charge in [-0.1, -0.05) is 0 Å². The molecule has 17 heavy (non-hydrogen) atoms. The molecule has 0 saturated carbocycles. The largest absolute Gasteiger partial charge is 0.389 e. The van der Waals surface area contributed by atoms with E-state index in [1.165, 1.54) is 0 Å². The monoisotopic (exact) mass is 276 g/mol.